The zero-order valence-corrected chi connectivity index (χ0v) is 11.2. The Labute approximate surface area is 113 Å². The third-order valence-corrected chi connectivity index (χ3v) is 4.26. The minimum atomic E-state index is 0.221. The molecule has 0 aliphatic heterocycles. The molecule has 1 heterocycles. The van der Waals surface area contributed by atoms with Crippen LogP contribution >= 0.6 is 0 Å². The number of nitrogens with one attached hydrogen (secondary N) is 1. The van der Waals surface area contributed by atoms with Gasteiger partial charge in [-0.05, 0) is 31.5 Å². The van der Waals surface area contributed by atoms with Gasteiger partial charge in [0.1, 0.15) is 5.52 Å². The SMILES string of the molecule is NCC1(CNc2nc3ccccc3o2)CCCCC1. The van der Waals surface area contributed by atoms with Gasteiger partial charge in [0.15, 0.2) is 5.58 Å². The Bertz CT molecular complexity index is 510. The average molecular weight is 259 g/mol. The minimum Gasteiger partial charge on any atom is -0.424 e. The molecular weight excluding hydrogens is 238 g/mol. The summed E-state index contributed by atoms with van der Waals surface area (Å²) in [6, 6.07) is 8.44. The van der Waals surface area contributed by atoms with Crippen molar-refractivity contribution in [2.75, 3.05) is 18.4 Å². The fraction of sp³-hybridized carbons (Fsp3) is 0.533. The maximum Gasteiger partial charge on any atom is 0.295 e. The molecular formula is C15H21N3O. The van der Waals surface area contributed by atoms with Crippen molar-refractivity contribution < 1.29 is 4.42 Å². The van der Waals surface area contributed by atoms with Crippen LogP contribution in [0.3, 0.4) is 0 Å². The van der Waals surface area contributed by atoms with Gasteiger partial charge in [-0.1, -0.05) is 31.4 Å². The van der Waals surface area contributed by atoms with Gasteiger partial charge in [-0.25, -0.2) is 0 Å². The summed E-state index contributed by atoms with van der Waals surface area (Å²) >= 11 is 0. The van der Waals surface area contributed by atoms with Crippen molar-refractivity contribution in [3.63, 3.8) is 0 Å². The van der Waals surface area contributed by atoms with Crippen LogP contribution in [-0.4, -0.2) is 18.1 Å². The number of oxazole rings is 1. The number of para-hydroxylation sites is 2. The molecule has 3 N–H and O–H groups in total. The standard InChI is InChI=1S/C15H21N3O/c16-10-15(8-4-1-5-9-15)11-17-14-18-12-6-2-3-7-13(12)19-14/h2-3,6-7H,1,4-5,8-11,16H2,(H,17,18). The third kappa shape index (κ3) is 2.59. The number of aromatic nitrogens is 1. The zero-order valence-electron chi connectivity index (χ0n) is 11.2. The van der Waals surface area contributed by atoms with E-state index in [1.165, 1.54) is 32.1 Å². The van der Waals surface area contributed by atoms with Crippen LogP contribution in [0.25, 0.3) is 11.1 Å². The van der Waals surface area contributed by atoms with Crippen molar-refractivity contribution in [3.05, 3.63) is 24.3 Å². The number of hydrogen-bond acceptors (Lipinski definition) is 4. The van der Waals surface area contributed by atoms with Gasteiger partial charge in [0, 0.05) is 12.0 Å². The predicted octanol–water partition coefficient (Wildman–Crippen LogP) is 3.15. The Hall–Kier alpha value is -1.55. The smallest absolute Gasteiger partial charge is 0.295 e. The summed E-state index contributed by atoms with van der Waals surface area (Å²) in [6.45, 7) is 1.59. The summed E-state index contributed by atoms with van der Waals surface area (Å²) in [5.74, 6) is 0. The van der Waals surface area contributed by atoms with E-state index >= 15 is 0 Å². The molecule has 19 heavy (non-hydrogen) atoms. The molecule has 3 rings (SSSR count). The number of nitrogens with zero attached hydrogens (tertiary/aromatic N) is 1. The molecule has 0 amide bonds. The second-order valence-electron chi connectivity index (χ2n) is 5.61. The van der Waals surface area contributed by atoms with Gasteiger partial charge in [-0.15, -0.1) is 0 Å². The van der Waals surface area contributed by atoms with E-state index < -0.39 is 0 Å². The van der Waals surface area contributed by atoms with Crippen LogP contribution < -0.4 is 11.1 Å². The summed E-state index contributed by atoms with van der Waals surface area (Å²) in [5, 5.41) is 3.34. The van der Waals surface area contributed by atoms with E-state index in [-0.39, 0.29) is 5.41 Å². The molecule has 0 saturated heterocycles. The first-order valence-corrected chi connectivity index (χ1v) is 7.11. The molecule has 102 valence electrons. The number of nitrogens with two attached hydrogens (primary N) is 1. The van der Waals surface area contributed by atoms with Crippen LogP contribution in [-0.2, 0) is 0 Å². The number of fused-ring (bicyclic) bond motifs is 1. The fourth-order valence-electron chi connectivity index (χ4n) is 2.97. The van der Waals surface area contributed by atoms with Crippen molar-refractivity contribution in [2.45, 2.75) is 32.1 Å². The highest BCUT2D eigenvalue weighted by molar-refractivity contribution is 5.74. The first-order valence-electron chi connectivity index (χ1n) is 7.11. The molecule has 4 heteroatoms. The Kier molecular flexibility index (Phi) is 3.42. The maximum absolute atomic E-state index is 5.99. The van der Waals surface area contributed by atoms with Crippen LogP contribution in [0, 0.1) is 5.41 Å². The van der Waals surface area contributed by atoms with Gasteiger partial charge in [0.05, 0.1) is 0 Å². The minimum absolute atomic E-state index is 0.221. The molecule has 1 aromatic carbocycles. The second kappa shape index (κ2) is 5.21. The van der Waals surface area contributed by atoms with E-state index in [4.69, 9.17) is 10.2 Å². The van der Waals surface area contributed by atoms with Crippen LogP contribution in [0.1, 0.15) is 32.1 Å². The molecule has 0 atom stereocenters. The van der Waals surface area contributed by atoms with Crippen molar-refractivity contribution in [1.29, 1.82) is 0 Å². The van der Waals surface area contributed by atoms with Crippen molar-refractivity contribution in [1.82, 2.24) is 4.98 Å². The van der Waals surface area contributed by atoms with Crippen LogP contribution in [0.5, 0.6) is 0 Å². The Balaban J connectivity index is 1.70. The molecule has 0 unspecified atom stereocenters. The van der Waals surface area contributed by atoms with Gasteiger partial charge in [0.25, 0.3) is 6.01 Å². The molecule has 1 saturated carbocycles. The third-order valence-electron chi connectivity index (χ3n) is 4.26. The van der Waals surface area contributed by atoms with Crippen molar-refractivity contribution in [2.24, 2.45) is 11.1 Å². The van der Waals surface area contributed by atoms with E-state index in [0.717, 1.165) is 24.2 Å². The Morgan fingerprint density at radius 1 is 1.21 bits per heavy atom. The summed E-state index contributed by atoms with van der Waals surface area (Å²) in [7, 11) is 0. The summed E-state index contributed by atoms with van der Waals surface area (Å²) in [4.78, 5) is 4.44. The lowest BCUT2D eigenvalue weighted by Gasteiger charge is -2.36. The number of benzene rings is 1. The highest BCUT2D eigenvalue weighted by Crippen LogP contribution is 2.35. The first-order chi connectivity index (χ1) is 9.31. The van der Waals surface area contributed by atoms with Gasteiger partial charge in [-0.3, -0.25) is 0 Å². The lowest BCUT2D eigenvalue weighted by molar-refractivity contribution is 0.214. The van der Waals surface area contributed by atoms with Gasteiger partial charge >= 0.3 is 0 Å². The molecule has 4 nitrogen and oxygen atoms in total. The molecule has 0 bridgehead atoms. The van der Waals surface area contributed by atoms with E-state index in [1.807, 2.05) is 24.3 Å². The topological polar surface area (TPSA) is 64.1 Å². The summed E-state index contributed by atoms with van der Waals surface area (Å²) in [5.41, 5.74) is 7.94. The predicted molar refractivity (Wildman–Crippen MR) is 77.1 cm³/mol. The summed E-state index contributed by atoms with van der Waals surface area (Å²) < 4.78 is 5.69. The van der Waals surface area contributed by atoms with Crippen molar-refractivity contribution in [3.8, 4) is 0 Å². The lowest BCUT2D eigenvalue weighted by Crippen LogP contribution is -2.39. The van der Waals surface area contributed by atoms with E-state index in [9.17, 15) is 0 Å². The monoisotopic (exact) mass is 259 g/mol. The highest BCUT2D eigenvalue weighted by atomic mass is 16.4. The largest absolute Gasteiger partial charge is 0.424 e. The highest BCUT2D eigenvalue weighted by Gasteiger charge is 2.30. The molecule has 1 fully saturated rings. The van der Waals surface area contributed by atoms with Crippen LogP contribution in [0.15, 0.2) is 28.7 Å². The Morgan fingerprint density at radius 2 is 2.00 bits per heavy atom. The molecule has 0 radical (unpaired) electrons. The fourth-order valence-corrected chi connectivity index (χ4v) is 2.97. The number of anilines is 1. The summed E-state index contributed by atoms with van der Waals surface area (Å²) in [6.07, 6.45) is 6.32. The normalized spacial score (nSPS) is 18.6. The quantitative estimate of drug-likeness (QED) is 0.885. The van der Waals surface area contributed by atoms with Gasteiger partial charge in [0.2, 0.25) is 0 Å². The number of rotatable bonds is 4. The van der Waals surface area contributed by atoms with Crippen molar-refractivity contribution >= 4 is 17.1 Å². The maximum atomic E-state index is 5.99. The van der Waals surface area contributed by atoms with E-state index in [0.29, 0.717) is 6.01 Å². The molecule has 1 aliphatic rings. The molecule has 2 aromatic rings. The lowest BCUT2D eigenvalue weighted by atomic mass is 9.74. The zero-order chi connectivity index (χ0) is 13.1. The van der Waals surface area contributed by atoms with Gasteiger partial charge < -0.3 is 15.5 Å². The number of hydrogen-bond donors (Lipinski definition) is 2. The molecule has 0 spiro atoms. The van der Waals surface area contributed by atoms with Crippen LogP contribution in [0.4, 0.5) is 6.01 Å². The van der Waals surface area contributed by atoms with E-state index in [2.05, 4.69) is 10.3 Å². The van der Waals surface area contributed by atoms with Crippen LogP contribution in [0.2, 0.25) is 0 Å². The average Bonchev–Trinajstić information content (AvgIpc) is 2.89. The Morgan fingerprint density at radius 3 is 2.74 bits per heavy atom. The molecule has 1 aliphatic carbocycles. The molecule has 1 aromatic heterocycles. The van der Waals surface area contributed by atoms with Gasteiger partial charge in [-0.2, -0.15) is 4.98 Å². The first kappa shape index (κ1) is 12.5. The second-order valence-corrected chi connectivity index (χ2v) is 5.61. The van der Waals surface area contributed by atoms with E-state index in [1.54, 1.807) is 0 Å².